The molecule has 206 valence electrons. The van der Waals surface area contributed by atoms with Crippen LogP contribution in [0.5, 0.6) is 5.75 Å². The van der Waals surface area contributed by atoms with Gasteiger partial charge in [-0.05, 0) is 55.2 Å². The lowest BCUT2D eigenvalue weighted by Crippen LogP contribution is -2.62. The molecule has 1 atom stereocenters. The van der Waals surface area contributed by atoms with E-state index in [2.05, 4.69) is 24.6 Å². The lowest BCUT2D eigenvalue weighted by atomic mass is 9.57. The van der Waals surface area contributed by atoms with Crippen LogP contribution in [0, 0.1) is 5.41 Å². The second kappa shape index (κ2) is 9.07. The Hall–Kier alpha value is -2.89. The molecule has 3 aliphatic heterocycles. The van der Waals surface area contributed by atoms with E-state index in [-0.39, 0.29) is 17.2 Å². The third-order valence-corrected chi connectivity index (χ3v) is 8.84. The Morgan fingerprint density at radius 2 is 1.92 bits per heavy atom. The third-order valence-electron chi connectivity index (χ3n) is 8.60. The van der Waals surface area contributed by atoms with Gasteiger partial charge in [0, 0.05) is 48.6 Å². The fourth-order valence-electron chi connectivity index (χ4n) is 6.70. The minimum Gasteiger partial charge on any atom is -0.493 e. The maximum atomic E-state index is 13.3. The number of benzene rings is 1. The molecule has 2 aromatic heterocycles. The van der Waals surface area contributed by atoms with Crippen LogP contribution in [0.25, 0.3) is 5.69 Å². The van der Waals surface area contributed by atoms with Crippen LogP contribution in [0.2, 0.25) is 5.02 Å². The summed E-state index contributed by atoms with van der Waals surface area (Å²) in [4.78, 5) is 8.18. The SMILES string of the molecule is COc1ccc(C(F)(F)F)nc1N1CC2(CC(c3nnc4n3-c3ccc(Cl)cc3CN([C@H]3CCOC3)C4)C2)C1. The number of aromatic nitrogens is 4. The fraction of sp³-hybridized carbons (Fsp3) is 0.519. The minimum absolute atomic E-state index is 0.0266. The van der Waals surface area contributed by atoms with E-state index in [1.54, 1.807) is 0 Å². The molecule has 4 aliphatic rings. The predicted molar refractivity (Wildman–Crippen MR) is 137 cm³/mol. The van der Waals surface area contributed by atoms with Gasteiger partial charge in [-0.3, -0.25) is 9.47 Å². The molecule has 2 saturated heterocycles. The highest BCUT2D eigenvalue weighted by Crippen LogP contribution is 2.57. The molecule has 39 heavy (non-hydrogen) atoms. The first-order valence-corrected chi connectivity index (χ1v) is 13.5. The number of anilines is 1. The maximum absolute atomic E-state index is 13.3. The average Bonchev–Trinajstić information content (AvgIpc) is 3.50. The average molecular weight is 561 g/mol. The van der Waals surface area contributed by atoms with E-state index in [1.165, 1.54) is 13.2 Å². The van der Waals surface area contributed by atoms with Crippen LogP contribution in [-0.4, -0.2) is 64.1 Å². The van der Waals surface area contributed by atoms with Gasteiger partial charge in [0.05, 0.1) is 25.9 Å². The van der Waals surface area contributed by atoms with Crippen LogP contribution in [-0.2, 0) is 24.0 Å². The number of halogens is 4. The fourth-order valence-corrected chi connectivity index (χ4v) is 6.90. The number of fused-ring (bicyclic) bond motifs is 3. The molecule has 1 aromatic carbocycles. The third kappa shape index (κ3) is 4.25. The lowest BCUT2D eigenvalue weighted by Gasteiger charge is -2.59. The number of alkyl halides is 3. The van der Waals surface area contributed by atoms with E-state index in [9.17, 15) is 13.2 Å². The number of methoxy groups -OCH3 is 1. The summed E-state index contributed by atoms with van der Waals surface area (Å²) in [7, 11) is 1.45. The topological polar surface area (TPSA) is 68.5 Å². The number of rotatable bonds is 4. The molecule has 0 unspecified atom stereocenters. The lowest BCUT2D eigenvalue weighted by molar-refractivity contribution is -0.141. The van der Waals surface area contributed by atoms with Crippen molar-refractivity contribution in [2.24, 2.45) is 5.41 Å². The second-order valence-electron chi connectivity index (χ2n) is 11.2. The Morgan fingerprint density at radius 1 is 1.10 bits per heavy atom. The van der Waals surface area contributed by atoms with Gasteiger partial charge in [-0.25, -0.2) is 4.98 Å². The van der Waals surface area contributed by atoms with Gasteiger partial charge in [0.2, 0.25) is 0 Å². The molecule has 1 saturated carbocycles. The zero-order valence-corrected chi connectivity index (χ0v) is 22.2. The van der Waals surface area contributed by atoms with Gasteiger partial charge < -0.3 is 14.4 Å². The summed E-state index contributed by atoms with van der Waals surface area (Å²) in [6, 6.07) is 8.62. The first-order valence-electron chi connectivity index (χ1n) is 13.1. The molecule has 1 aliphatic carbocycles. The van der Waals surface area contributed by atoms with Crippen LogP contribution in [0.1, 0.15) is 48.1 Å². The largest absolute Gasteiger partial charge is 0.493 e. The first-order chi connectivity index (χ1) is 18.7. The van der Waals surface area contributed by atoms with Gasteiger partial charge in [-0.2, -0.15) is 13.2 Å². The molecule has 3 aromatic rings. The number of hydrogen-bond donors (Lipinski definition) is 0. The van der Waals surface area contributed by atoms with Crippen molar-refractivity contribution in [2.45, 2.75) is 50.5 Å². The standard InChI is InChI=1S/C27H28ClF3N6O2/c1-38-21-4-5-22(27(29,30)31)32-25(21)36-14-26(15-36)9-17(10-26)24-34-33-23-12-35(19-6-7-39-13-19)11-16-8-18(28)2-3-20(16)37(23)24/h2-5,8,17,19H,6-7,9-15H2,1H3/t19-/m0/s1. The molecule has 0 radical (unpaired) electrons. The van der Waals surface area contributed by atoms with Crippen LogP contribution in [0.15, 0.2) is 30.3 Å². The van der Waals surface area contributed by atoms with E-state index >= 15 is 0 Å². The summed E-state index contributed by atoms with van der Waals surface area (Å²) in [5.41, 5.74) is 1.32. The van der Waals surface area contributed by atoms with Crippen molar-refractivity contribution >= 4 is 17.4 Å². The van der Waals surface area contributed by atoms with Gasteiger partial charge in [0.25, 0.3) is 0 Å². The van der Waals surface area contributed by atoms with Crippen LogP contribution < -0.4 is 9.64 Å². The summed E-state index contributed by atoms with van der Waals surface area (Å²) in [5.74, 6) is 2.67. The normalized spacial score (nSPS) is 22.7. The molecule has 0 bridgehead atoms. The van der Waals surface area contributed by atoms with Crippen molar-refractivity contribution in [3.63, 3.8) is 0 Å². The van der Waals surface area contributed by atoms with E-state index in [0.717, 1.165) is 61.4 Å². The number of pyridine rings is 1. The van der Waals surface area contributed by atoms with Gasteiger partial charge in [0.15, 0.2) is 17.4 Å². The van der Waals surface area contributed by atoms with Gasteiger partial charge in [-0.1, -0.05) is 11.6 Å². The maximum Gasteiger partial charge on any atom is 0.433 e. The van der Waals surface area contributed by atoms with Crippen molar-refractivity contribution in [1.82, 2.24) is 24.6 Å². The van der Waals surface area contributed by atoms with Crippen LogP contribution in [0.3, 0.4) is 0 Å². The number of hydrogen-bond acceptors (Lipinski definition) is 7. The van der Waals surface area contributed by atoms with Crippen molar-refractivity contribution in [1.29, 1.82) is 0 Å². The summed E-state index contributed by atoms with van der Waals surface area (Å²) in [5, 5.41) is 9.99. The predicted octanol–water partition coefficient (Wildman–Crippen LogP) is 4.83. The van der Waals surface area contributed by atoms with Crippen molar-refractivity contribution in [3.05, 3.63) is 58.3 Å². The summed E-state index contributed by atoms with van der Waals surface area (Å²) < 4.78 is 53.0. The summed E-state index contributed by atoms with van der Waals surface area (Å²) in [6.45, 7) is 4.20. The highest BCUT2D eigenvalue weighted by molar-refractivity contribution is 6.30. The summed E-state index contributed by atoms with van der Waals surface area (Å²) in [6.07, 6.45) is -1.72. The Morgan fingerprint density at radius 3 is 2.64 bits per heavy atom. The Bertz CT molecular complexity index is 1410. The van der Waals surface area contributed by atoms with Crippen molar-refractivity contribution in [3.8, 4) is 11.4 Å². The highest BCUT2D eigenvalue weighted by atomic mass is 35.5. The number of nitrogens with zero attached hydrogens (tertiary/aromatic N) is 6. The second-order valence-corrected chi connectivity index (χ2v) is 11.6. The van der Waals surface area contributed by atoms with Gasteiger partial charge in [-0.15, -0.1) is 10.2 Å². The van der Waals surface area contributed by atoms with Crippen LogP contribution in [0.4, 0.5) is 19.0 Å². The van der Waals surface area contributed by atoms with Crippen molar-refractivity contribution in [2.75, 3.05) is 38.3 Å². The van der Waals surface area contributed by atoms with Gasteiger partial charge in [0.1, 0.15) is 11.5 Å². The van der Waals surface area contributed by atoms with E-state index < -0.39 is 11.9 Å². The molecule has 5 heterocycles. The smallest absolute Gasteiger partial charge is 0.433 e. The zero-order chi connectivity index (χ0) is 26.9. The summed E-state index contributed by atoms with van der Waals surface area (Å²) >= 11 is 6.40. The Balaban J connectivity index is 1.12. The molecular formula is C27H28ClF3N6O2. The minimum atomic E-state index is -4.50. The van der Waals surface area contributed by atoms with Gasteiger partial charge >= 0.3 is 6.18 Å². The number of ether oxygens (including phenoxy) is 2. The molecule has 0 N–H and O–H groups in total. The zero-order valence-electron chi connectivity index (χ0n) is 21.4. The highest BCUT2D eigenvalue weighted by Gasteiger charge is 2.55. The molecule has 8 nitrogen and oxygen atoms in total. The van der Waals surface area contributed by atoms with E-state index in [4.69, 9.17) is 21.1 Å². The molecule has 3 fully saturated rings. The van der Waals surface area contributed by atoms with E-state index in [1.807, 2.05) is 23.1 Å². The van der Waals surface area contributed by atoms with Crippen LogP contribution >= 0.6 is 11.6 Å². The molecule has 7 rings (SSSR count). The Kier molecular flexibility index (Phi) is 5.84. The molecule has 1 spiro atoms. The molecule has 12 heteroatoms. The molecule has 0 amide bonds. The quantitative estimate of drug-likeness (QED) is 0.453. The monoisotopic (exact) mass is 560 g/mol. The first kappa shape index (κ1) is 25.1. The Labute approximate surface area is 228 Å². The van der Waals surface area contributed by atoms with E-state index in [0.29, 0.717) is 43.1 Å². The van der Waals surface area contributed by atoms with Crippen molar-refractivity contribution < 1.29 is 22.6 Å². The molecular weight excluding hydrogens is 533 g/mol.